The highest BCUT2D eigenvalue weighted by Gasteiger charge is 2.28. The minimum atomic E-state index is 0.211. The molecule has 2 aromatic heterocycles. The van der Waals surface area contributed by atoms with Crippen LogP contribution in [0.15, 0.2) is 11.6 Å². The Morgan fingerprint density at radius 1 is 1.55 bits per heavy atom. The lowest BCUT2D eigenvalue weighted by atomic mass is 10.2. The van der Waals surface area contributed by atoms with Crippen molar-refractivity contribution in [3.63, 3.8) is 0 Å². The quantitative estimate of drug-likeness (QED) is 0.884. The number of hydrogen-bond acceptors (Lipinski definition) is 5. The molecular weight excluding hydrogens is 272 g/mol. The third-order valence-corrected chi connectivity index (χ3v) is 4.63. The fourth-order valence-corrected chi connectivity index (χ4v) is 3.55. The van der Waals surface area contributed by atoms with Gasteiger partial charge in [0.25, 0.3) is 0 Å². The van der Waals surface area contributed by atoms with E-state index in [2.05, 4.69) is 40.0 Å². The molecule has 1 fully saturated rings. The minimum Gasteiger partial charge on any atom is -0.394 e. The molecule has 2 N–H and O–H groups in total. The van der Waals surface area contributed by atoms with Gasteiger partial charge in [0.15, 0.2) is 10.8 Å². The van der Waals surface area contributed by atoms with Crippen LogP contribution in [0.1, 0.15) is 32.4 Å². The van der Waals surface area contributed by atoms with Crippen LogP contribution in [0.25, 0.3) is 4.96 Å². The predicted molar refractivity (Wildman–Crippen MR) is 82.5 cm³/mol. The van der Waals surface area contributed by atoms with Gasteiger partial charge in [-0.3, -0.25) is 4.40 Å². The van der Waals surface area contributed by atoms with Gasteiger partial charge in [0, 0.05) is 30.7 Å². The van der Waals surface area contributed by atoms with E-state index in [0.29, 0.717) is 6.04 Å². The highest BCUT2D eigenvalue weighted by molar-refractivity contribution is 7.15. The van der Waals surface area contributed by atoms with Gasteiger partial charge in [-0.2, -0.15) is 0 Å². The van der Waals surface area contributed by atoms with Crippen molar-refractivity contribution in [3.8, 4) is 0 Å². The van der Waals surface area contributed by atoms with Gasteiger partial charge in [-0.25, -0.2) is 4.98 Å². The van der Waals surface area contributed by atoms with Gasteiger partial charge in [-0.1, -0.05) is 13.8 Å². The van der Waals surface area contributed by atoms with Crippen molar-refractivity contribution in [2.75, 3.05) is 18.1 Å². The first-order chi connectivity index (χ1) is 9.70. The van der Waals surface area contributed by atoms with Crippen LogP contribution in [0.4, 0.5) is 5.82 Å². The molecule has 6 heteroatoms. The predicted octanol–water partition coefficient (Wildman–Crippen LogP) is 1.85. The Kier molecular flexibility index (Phi) is 3.96. The first kappa shape index (κ1) is 13.9. The highest BCUT2D eigenvalue weighted by atomic mass is 32.1. The van der Waals surface area contributed by atoms with Crippen molar-refractivity contribution in [3.05, 3.63) is 17.3 Å². The van der Waals surface area contributed by atoms with Gasteiger partial charge in [-0.15, -0.1) is 11.3 Å². The Morgan fingerprint density at radius 3 is 3.15 bits per heavy atom. The van der Waals surface area contributed by atoms with Crippen molar-refractivity contribution >= 4 is 22.1 Å². The normalized spacial score (nSPS) is 19.6. The Morgan fingerprint density at radius 2 is 2.40 bits per heavy atom. The Hall–Kier alpha value is -1.11. The molecule has 1 atom stereocenters. The average molecular weight is 294 g/mol. The molecule has 3 heterocycles. The smallest absolute Gasteiger partial charge is 0.195 e. The molecule has 3 rings (SSSR count). The number of aliphatic hydroxyl groups excluding tert-OH is 1. The number of imidazole rings is 1. The molecule has 20 heavy (non-hydrogen) atoms. The van der Waals surface area contributed by atoms with E-state index in [1.165, 1.54) is 5.69 Å². The van der Waals surface area contributed by atoms with E-state index in [1.807, 2.05) is 0 Å². The maximum atomic E-state index is 9.54. The Balaban J connectivity index is 1.96. The molecule has 1 aliphatic rings. The summed E-state index contributed by atoms with van der Waals surface area (Å²) in [6, 6.07) is 0.664. The summed E-state index contributed by atoms with van der Waals surface area (Å²) in [5.41, 5.74) is 1.20. The Labute approximate surface area is 123 Å². The van der Waals surface area contributed by atoms with E-state index >= 15 is 0 Å². The van der Waals surface area contributed by atoms with Crippen molar-refractivity contribution in [1.82, 2.24) is 14.7 Å². The molecular formula is C14H22N4OS. The van der Waals surface area contributed by atoms with Gasteiger partial charge < -0.3 is 15.3 Å². The molecule has 110 valence electrons. The van der Waals surface area contributed by atoms with E-state index in [-0.39, 0.29) is 12.6 Å². The monoisotopic (exact) mass is 294 g/mol. The molecule has 0 spiro atoms. The van der Waals surface area contributed by atoms with Crippen LogP contribution >= 0.6 is 11.3 Å². The zero-order valence-electron chi connectivity index (χ0n) is 12.0. The Bertz CT molecular complexity index is 577. The molecule has 0 aliphatic carbocycles. The topological polar surface area (TPSA) is 52.8 Å². The molecule has 5 nitrogen and oxygen atoms in total. The second-order valence-electron chi connectivity index (χ2n) is 5.65. The van der Waals surface area contributed by atoms with Crippen LogP contribution < -0.4 is 10.2 Å². The largest absolute Gasteiger partial charge is 0.394 e. The first-order valence-corrected chi connectivity index (χ1v) is 8.14. The van der Waals surface area contributed by atoms with Gasteiger partial charge in [0.05, 0.1) is 18.3 Å². The second-order valence-corrected chi connectivity index (χ2v) is 6.52. The summed E-state index contributed by atoms with van der Waals surface area (Å²) < 4.78 is 2.17. The number of fused-ring (bicyclic) bond motifs is 1. The highest BCUT2D eigenvalue weighted by Crippen LogP contribution is 2.30. The third kappa shape index (κ3) is 2.43. The summed E-state index contributed by atoms with van der Waals surface area (Å²) in [5.74, 6) is 1.04. The van der Waals surface area contributed by atoms with E-state index in [1.54, 1.807) is 11.3 Å². The standard InChI is InChI=1S/C14H22N4OS/c1-10(2)15-8-12-13(16-14-18(12)6-7-20-14)17-5-3-4-11(17)9-19/h6-7,10-11,15,19H,3-5,8-9H2,1-2H3. The molecule has 0 saturated carbocycles. The lowest BCUT2D eigenvalue weighted by molar-refractivity contribution is 0.266. The van der Waals surface area contributed by atoms with E-state index in [0.717, 1.165) is 36.7 Å². The van der Waals surface area contributed by atoms with Gasteiger partial charge in [0.2, 0.25) is 0 Å². The molecule has 0 aromatic carbocycles. The number of aromatic nitrogens is 2. The fraction of sp³-hybridized carbons (Fsp3) is 0.643. The van der Waals surface area contributed by atoms with Gasteiger partial charge >= 0.3 is 0 Å². The third-order valence-electron chi connectivity index (χ3n) is 3.88. The van der Waals surface area contributed by atoms with Crippen molar-refractivity contribution in [1.29, 1.82) is 0 Å². The van der Waals surface area contributed by atoms with Crippen molar-refractivity contribution < 1.29 is 5.11 Å². The summed E-state index contributed by atoms with van der Waals surface area (Å²) in [5, 5.41) is 15.1. The summed E-state index contributed by atoms with van der Waals surface area (Å²) >= 11 is 1.66. The summed E-state index contributed by atoms with van der Waals surface area (Å²) in [6.07, 6.45) is 4.27. The molecule has 1 saturated heterocycles. The second kappa shape index (κ2) is 5.71. The number of rotatable bonds is 5. The lowest BCUT2D eigenvalue weighted by Crippen LogP contribution is -2.34. The van der Waals surface area contributed by atoms with E-state index < -0.39 is 0 Å². The summed E-state index contributed by atoms with van der Waals surface area (Å²) in [7, 11) is 0. The average Bonchev–Trinajstić information content (AvgIpc) is 3.10. The SMILES string of the molecule is CC(C)NCc1c(N2CCCC2CO)nc2sccn12. The molecule has 1 unspecified atom stereocenters. The fourth-order valence-electron chi connectivity index (χ4n) is 2.82. The first-order valence-electron chi connectivity index (χ1n) is 7.26. The number of anilines is 1. The van der Waals surface area contributed by atoms with Gasteiger partial charge in [-0.05, 0) is 12.8 Å². The lowest BCUT2D eigenvalue weighted by Gasteiger charge is -2.24. The van der Waals surface area contributed by atoms with Crippen LogP contribution in [0.5, 0.6) is 0 Å². The number of nitrogens with one attached hydrogen (secondary N) is 1. The maximum absolute atomic E-state index is 9.54. The molecule has 0 radical (unpaired) electrons. The van der Waals surface area contributed by atoms with Crippen LogP contribution in [-0.4, -0.2) is 39.7 Å². The molecule has 1 aliphatic heterocycles. The summed E-state index contributed by atoms with van der Waals surface area (Å²) in [4.78, 5) is 8.09. The molecule has 2 aromatic rings. The van der Waals surface area contributed by atoms with E-state index in [9.17, 15) is 5.11 Å². The van der Waals surface area contributed by atoms with Crippen LogP contribution in [0.3, 0.4) is 0 Å². The van der Waals surface area contributed by atoms with Gasteiger partial charge in [0.1, 0.15) is 0 Å². The zero-order chi connectivity index (χ0) is 14.1. The van der Waals surface area contributed by atoms with Crippen LogP contribution in [0.2, 0.25) is 0 Å². The maximum Gasteiger partial charge on any atom is 0.195 e. The molecule has 0 amide bonds. The molecule has 0 bridgehead atoms. The number of nitrogens with zero attached hydrogens (tertiary/aromatic N) is 3. The number of hydrogen-bond donors (Lipinski definition) is 2. The zero-order valence-corrected chi connectivity index (χ0v) is 12.9. The van der Waals surface area contributed by atoms with Crippen molar-refractivity contribution in [2.24, 2.45) is 0 Å². The van der Waals surface area contributed by atoms with E-state index in [4.69, 9.17) is 4.98 Å². The summed E-state index contributed by atoms with van der Waals surface area (Å²) in [6.45, 7) is 6.31. The minimum absolute atomic E-state index is 0.211. The van der Waals surface area contributed by atoms with Crippen LogP contribution in [0, 0.1) is 0 Å². The number of thiazole rings is 1. The van der Waals surface area contributed by atoms with Crippen molar-refractivity contribution in [2.45, 2.75) is 45.3 Å². The van der Waals surface area contributed by atoms with Crippen LogP contribution in [-0.2, 0) is 6.54 Å². The number of aliphatic hydroxyl groups is 1.